The monoisotopic (exact) mass is 370 g/mol. The number of nitrogens with zero attached hydrogens (tertiary/aromatic N) is 5. The number of amides is 1. The van der Waals surface area contributed by atoms with Gasteiger partial charge < -0.3 is 5.73 Å². The van der Waals surface area contributed by atoms with Crippen LogP contribution in [0, 0.1) is 5.82 Å². The molecule has 2 N–H and O–H groups in total. The molecule has 0 unspecified atom stereocenters. The van der Waals surface area contributed by atoms with Gasteiger partial charge in [0, 0.05) is 24.4 Å². The molecule has 3 aromatic heterocycles. The van der Waals surface area contributed by atoms with Crippen LogP contribution in [0.4, 0.5) is 4.39 Å². The number of carbonyl (C=O) groups is 1. The minimum Gasteiger partial charge on any atom is -0.364 e. The van der Waals surface area contributed by atoms with E-state index in [0.29, 0.717) is 22.6 Å². The third-order valence-electron chi connectivity index (χ3n) is 3.90. The molecule has 130 valence electrons. The Morgan fingerprint density at radius 1 is 1.23 bits per heavy atom. The fourth-order valence-corrected chi connectivity index (χ4v) is 2.83. The van der Waals surface area contributed by atoms with Crippen molar-refractivity contribution in [1.82, 2.24) is 24.4 Å². The van der Waals surface area contributed by atoms with Crippen molar-refractivity contribution >= 4 is 23.2 Å². The predicted octanol–water partition coefficient (Wildman–Crippen LogP) is 2.69. The highest BCUT2D eigenvalue weighted by Gasteiger charge is 2.21. The fraction of sp³-hybridized carbons (Fsp3) is 0.0588. The Bertz CT molecular complexity index is 1170. The number of benzene rings is 1. The highest BCUT2D eigenvalue weighted by molar-refractivity contribution is 6.30. The zero-order valence-corrected chi connectivity index (χ0v) is 14.3. The maximum Gasteiger partial charge on any atom is 0.269 e. The van der Waals surface area contributed by atoms with Gasteiger partial charge in [0.1, 0.15) is 11.5 Å². The van der Waals surface area contributed by atoms with Crippen LogP contribution >= 0.6 is 11.6 Å². The number of aromatic nitrogens is 5. The van der Waals surface area contributed by atoms with Crippen LogP contribution in [-0.4, -0.2) is 30.3 Å². The van der Waals surface area contributed by atoms with E-state index in [9.17, 15) is 9.18 Å². The smallest absolute Gasteiger partial charge is 0.269 e. The average molecular weight is 371 g/mol. The van der Waals surface area contributed by atoms with Gasteiger partial charge in [-0.05, 0) is 24.3 Å². The third-order valence-corrected chi connectivity index (χ3v) is 4.21. The van der Waals surface area contributed by atoms with Crippen LogP contribution in [-0.2, 0) is 7.05 Å². The van der Waals surface area contributed by atoms with Gasteiger partial charge in [-0.2, -0.15) is 10.2 Å². The zero-order valence-electron chi connectivity index (χ0n) is 13.5. The maximum absolute atomic E-state index is 13.9. The second-order valence-electron chi connectivity index (χ2n) is 5.69. The van der Waals surface area contributed by atoms with Crippen LogP contribution in [0.15, 0.2) is 42.7 Å². The van der Waals surface area contributed by atoms with Gasteiger partial charge in [0.25, 0.3) is 5.91 Å². The molecule has 4 rings (SSSR count). The van der Waals surface area contributed by atoms with Crippen LogP contribution < -0.4 is 5.73 Å². The summed E-state index contributed by atoms with van der Waals surface area (Å²) in [5.41, 5.74) is 7.98. The van der Waals surface area contributed by atoms with Gasteiger partial charge in [-0.25, -0.2) is 13.9 Å². The highest BCUT2D eigenvalue weighted by Crippen LogP contribution is 2.28. The number of fused-ring (bicyclic) bond motifs is 1. The number of imidazole rings is 1. The summed E-state index contributed by atoms with van der Waals surface area (Å²) < 4.78 is 17.1. The molecule has 4 aromatic rings. The first-order valence-electron chi connectivity index (χ1n) is 7.58. The van der Waals surface area contributed by atoms with Gasteiger partial charge in [0.15, 0.2) is 11.3 Å². The molecule has 0 fully saturated rings. The van der Waals surface area contributed by atoms with E-state index >= 15 is 0 Å². The lowest BCUT2D eigenvalue weighted by atomic mass is 10.1. The van der Waals surface area contributed by atoms with E-state index in [2.05, 4.69) is 15.2 Å². The SMILES string of the molecule is Cn1cc(-c2ccc3nc(C(N)=O)c(-c4ccc(Cl)c(F)c4)n3n2)cn1. The molecule has 0 saturated heterocycles. The maximum atomic E-state index is 13.9. The van der Waals surface area contributed by atoms with Crippen molar-refractivity contribution < 1.29 is 9.18 Å². The van der Waals surface area contributed by atoms with E-state index in [4.69, 9.17) is 17.3 Å². The fourth-order valence-electron chi connectivity index (χ4n) is 2.72. The Balaban J connectivity index is 2.00. The Hall–Kier alpha value is -3.26. The van der Waals surface area contributed by atoms with Crippen molar-refractivity contribution in [3.8, 4) is 22.5 Å². The molecule has 0 radical (unpaired) electrons. The molecule has 9 heteroatoms. The van der Waals surface area contributed by atoms with Gasteiger partial charge in [-0.1, -0.05) is 17.7 Å². The number of aryl methyl sites for hydroxylation is 1. The summed E-state index contributed by atoms with van der Waals surface area (Å²) in [6.07, 6.45) is 3.48. The molecular formula is C17H12ClFN6O. The summed E-state index contributed by atoms with van der Waals surface area (Å²) in [6, 6.07) is 7.67. The van der Waals surface area contributed by atoms with E-state index in [0.717, 1.165) is 5.56 Å². The van der Waals surface area contributed by atoms with Crippen molar-refractivity contribution in [1.29, 1.82) is 0 Å². The molecular weight excluding hydrogens is 359 g/mol. The first kappa shape index (κ1) is 16.2. The van der Waals surface area contributed by atoms with Gasteiger partial charge in [0.05, 0.1) is 16.9 Å². The van der Waals surface area contributed by atoms with E-state index in [-0.39, 0.29) is 10.7 Å². The van der Waals surface area contributed by atoms with Crippen molar-refractivity contribution in [2.75, 3.05) is 0 Å². The standard InChI is InChI=1S/C17H12ClFN6O/c1-24-8-10(7-21-24)13-4-5-14-22-15(17(20)26)16(25(14)23-13)9-2-3-11(18)12(19)6-9/h2-8H,1H3,(H2,20,26). The van der Waals surface area contributed by atoms with Crippen LogP contribution in [0.3, 0.4) is 0 Å². The summed E-state index contributed by atoms with van der Waals surface area (Å²) in [6.45, 7) is 0. The first-order chi connectivity index (χ1) is 12.4. The minimum absolute atomic E-state index is 0.00237. The Morgan fingerprint density at radius 2 is 2.04 bits per heavy atom. The number of nitrogens with two attached hydrogens (primary N) is 1. The Morgan fingerprint density at radius 3 is 2.69 bits per heavy atom. The molecule has 26 heavy (non-hydrogen) atoms. The lowest BCUT2D eigenvalue weighted by molar-refractivity contribution is 0.0997. The van der Waals surface area contributed by atoms with Crippen molar-refractivity contribution in [3.63, 3.8) is 0 Å². The van der Waals surface area contributed by atoms with Crippen molar-refractivity contribution in [2.24, 2.45) is 12.8 Å². The topological polar surface area (TPSA) is 91.1 Å². The summed E-state index contributed by atoms with van der Waals surface area (Å²) in [5, 5.41) is 8.63. The van der Waals surface area contributed by atoms with Crippen LogP contribution in [0.1, 0.15) is 10.5 Å². The molecule has 3 heterocycles. The lowest BCUT2D eigenvalue weighted by Gasteiger charge is -2.05. The lowest BCUT2D eigenvalue weighted by Crippen LogP contribution is -2.13. The molecule has 0 atom stereocenters. The molecule has 7 nitrogen and oxygen atoms in total. The summed E-state index contributed by atoms with van der Waals surface area (Å²) >= 11 is 5.76. The van der Waals surface area contributed by atoms with E-state index in [1.807, 2.05) is 6.20 Å². The normalized spacial score (nSPS) is 11.2. The molecule has 1 amide bonds. The molecule has 1 aromatic carbocycles. The third kappa shape index (κ3) is 2.60. The van der Waals surface area contributed by atoms with Crippen LogP contribution in [0.5, 0.6) is 0 Å². The molecule has 0 aliphatic carbocycles. The largest absolute Gasteiger partial charge is 0.364 e. The minimum atomic E-state index is -0.733. The van der Waals surface area contributed by atoms with Crippen molar-refractivity contribution in [3.05, 3.63) is 59.3 Å². The second-order valence-corrected chi connectivity index (χ2v) is 6.10. The number of hydrogen-bond donors (Lipinski definition) is 1. The van der Waals surface area contributed by atoms with E-state index in [1.54, 1.807) is 36.1 Å². The Kier molecular flexibility index (Phi) is 3.69. The number of rotatable bonds is 3. The number of primary amides is 1. The van der Waals surface area contributed by atoms with Gasteiger partial charge in [-0.3, -0.25) is 9.48 Å². The average Bonchev–Trinajstić information content (AvgIpc) is 3.20. The molecule has 0 aliphatic heterocycles. The van der Waals surface area contributed by atoms with E-state index in [1.165, 1.54) is 16.6 Å². The second kappa shape index (κ2) is 5.92. The van der Waals surface area contributed by atoms with E-state index < -0.39 is 11.7 Å². The van der Waals surface area contributed by atoms with Crippen LogP contribution in [0.25, 0.3) is 28.2 Å². The number of hydrogen-bond acceptors (Lipinski definition) is 4. The van der Waals surface area contributed by atoms with Gasteiger partial charge in [0.2, 0.25) is 0 Å². The summed E-state index contributed by atoms with van der Waals surface area (Å²) in [5.74, 6) is -1.35. The summed E-state index contributed by atoms with van der Waals surface area (Å²) in [4.78, 5) is 16.1. The number of carbonyl (C=O) groups excluding carboxylic acids is 1. The molecule has 0 aliphatic rings. The van der Waals surface area contributed by atoms with Gasteiger partial charge >= 0.3 is 0 Å². The van der Waals surface area contributed by atoms with Crippen molar-refractivity contribution in [2.45, 2.75) is 0 Å². The molecule has 0 bridgehead atoms. The summed E-state index contributed by atoms with van der Waals surface area (Å²) in [7, 11) is 1.80. The molecule has 0 saturated carbocycles. The number of halogens is 2. The zero-order chi connectivity index (χ0) is 18.4. The van der Waals surface area contributed by atoms with Crippen LogP contribution in [0.2, 0.25) is 5.02 Å². The quantitative estimate of drug-likeness (QED) is 0.600. The van der Waals surface area contributed by atoms with Gasteiger partial charge in [-0.15, -0.1) is 0 Å². The highest BCUT2D eigenvalue weighted by atomic mass is 35.5. The first-order valence-corrected chi connectivity index (χ1v) is 7.96. The predicted molar refractivity (Wildman–Crippen MR) is 94.1 cm³/mol. The molecule has 0 spiro atoms. The Labute approximate surface area is 151 Å².